The van der Waals surface area contributed by atoms with Crippen molar-refractivity contribution in [2.75, 3.05) is 19.5 Å². The number of carboxylic acid groups (broad SMARTS) is 1. The summed E-state index contributed by atoms with van der Waals surface area (Å²) in [7, 11) is 2.79. The van der Waals surface area contributed by atoms with E-state index in [9.17, 15) is 9.59 Å². The van der Waals surface area contributed by atoms with Crippen molar-refractivity contribution < 1.29 is 28.9 Å². The topological polar surface area (TPSA) is 120 Å². The van der Waals surface area contributed by atoms with Crippen LogP contribution in [0.15, 0.2) is 12.1 Å². The zero-order valence-corrected chi connectivity index (χ0v) is 13.8. The van der Waals surface area contributed by atoms with Gasteiger partial charge in [0.2, 0.25) is 0 Å². The number of amides is 1. The SMILES string of the molecule is COc1cc(C(N)C(=O)O)cc(NC(=O)OC(C)(C)C)c1OC. The van der Waals surface area contributed by atoms with Crippen molar-refractivity contribution in [3.05, 3.63) is 17.7 Å². The lowest BCUT2D eigenvalue weighted by Gasteiger charge is -2.21. The number of carboxylic acids is 1. The summed E-state index contributed by atoms with van der Waals surface area (Å²) >= 11 is 0. The highest BCUT2D eigenvalue weighted by Gasteiger charge is 2.23. The number of nitrogens with two attached hydrogens (primary N) is 1. The lowest BCUT2D eigenvalue weighted by atomic mass is 10.1. The zero-order valence-electron chi connectivity index (χ0n) is 13.8. The van der Waals surface area contributed by atoms with Gasteiger partial charge in [-0.2, -0.15) is 0 Å². The van der Waals surface area contributed by atoms with Crippen molar-refractivity contribution in [1.29, 1.82) is 0 Å². The molecule has 8 heteroatoms. The Bertz CT molecular complexity index is 594. The molecule has 1 aromatic rings. The predicted octanol–water partition coefficient (Wildman–Crippen LogP) is 2.14. The molecule has 0 bridgehead atoms. The van der Waals surface area contributed by atoms with Crippen LogP contribution in [0.4, 0.5) is 10.5 Å². The molecule has 0 aromatic heterocycles. The quantitative estimate of drug-likeness (QED) is 0.758. The first kappa shape index (κ1) is 18.6. The maximum atomic E-state index is 11.9. The third-order valence-electron chi connectivity index (χ3n) is 2.76. The minimum Gasteiger partial charge on any atom is -0.493 e. The molecule has 0 radical (unpaired) electrons. The van der Waals surface area contributed by atoms with Crippen molar-refractivity contribution in [3.63, 3.8) is 0 Å². The number of carbonyl (C=O) groups excluding carboxylic acids is 1. The van der Waals surface area contributed by atoms with E-state index in [1.807, 2.05) is 0 Å². The zero-order chi connectivity index (χ0) is 17.8. The highest BCUT2D eigenvalue weighted by Crippen LogP contribution is 2.38. The Balaban J connectivity index is 3.24. The molecule has 1 aromatic carbocycles. The van der Waals surface area contributed by atoms with E-state index < -0.39 is 23.7 Å². The largest absolute Gasteiger partial charge is 0.493 e. The lowest BCUT2D eigenvalue weighted by molar-refractivity contribution is -0.138. The Hall–Kier alpha value is -2.48. The minimum atomic E-state index is -1.27. The van der Waals surface area contributed by atoms with Crippen LogP contribution in [0.5, 0.6) is 11.5 Å². The van der Waals surface area contributed by atoms with Gasteiger partial charge in [-0.1, -0.05) is 0 Å². The Labute approximate surface area is 134 Å². The number of methoxy groups -OCH3 is 2. The second-order valence-corrected chi connectivity index (χ2v) is 5.75. The number of benzene rings is 1. The molecule has 1 atom stereocenters. The number of hydrogen-bond donors (Lipinski definition) is 3. The van der Waals surface area contributed by atoms with Crippen LogP contribution in [0, 0.1) is 0 Å². The van der Waals surface area contributed by atoms with Crippen LogP contribution < -0.4 is 20.5 Å². The fourth-order valence-corrected chi connectivity index (χ4v) is 1.81. The van der Waals surface area contributed by atoms with E-state index in [1.165, 1.54) is 26.4 Å². The van der Waals surface area contributed by atoms with Gasteiger partial charge < -0.3 is 25.1 Å². The molecule has 4 N–H and O–H groups in total. The third-order valence-corrected chi connectivity index (χ3v) is 2.76. The van der Waals surface area contributed by atoms with E-state index in [0.29, 0.717) is 0 Å². The Morgan fingerprint density at radius 3 is 2.26 bits per heavy atom. The molecule has 0 fully saturated rings. The fourth-order valence-electron chi connectivity index (χ4n) is 1.81. The maximum Gasteiger partial charge on any atom is 0.412 e. The highest BCUT2D eigenvalue weighted by molar-refractivity contribution is 5.89. The first-order chi connectivity index (χ1) is 10.6. The molecule has 128 valence electrons. The number of anilines is 1. The highest BCUT2D eigenvalue weighted by atomic mass is 16.6. The first-order valence-electron chi connectivity index (χ1n) is 6.83. The second-order valence-electron chi connectivity index (χ2n) is 5.75. The van der Waals surface area contributed by atoms with Gasteiger partial charge >= 0.3 is 12.1 Å². The van der Waals surface area contributed by atoms with Crippen molar-refractivity contribution in [2.45, 2.75) is 32.4 Å². The van der Waals surface area contributed by atoms with E-state index in [2.05, 4.69) is 5.32 Å². The molecule has 0 heterocycles. The number of hydrogen-bond acceptors (Lipinski definition) is 6. The summed E-state index contributed by atoms with van der Waals surface area (Å²) in [4.78, 5) is 23.0. The molecule has 1 rings (SSSR count). The van der Waals surface area contributed by atoms with Crippen molar-refractivity contribution in [3.8, 4) is 11.5 Å². The van der Waals surface area contributed by atoms with Gasteiger partial charge in [0.15, 0.2) is 11.5 Å². The van der Waals surface area contributed by atoms with Gasteiger partial charge in [-0.15, -0.1) is 0 Å². The standard InChI is InChI=1S/C15H22N2O6/c1-15(2,3)23-14(20)17-9-6-8(11(16)13(18)19)7-10(21-4)12(9)22-5/h6-7,11H,16H2,1-5H3,(H,17,20)(H,18,19). The van der Waals surface area contributed by atoms with Gasteiger partial charge in [0.25, 0.3) is 0 Å². The normalized spacial score (nSPS) is 12.3. The summed E-state index contributed by atoms with van der Waals surface area (Å²) in [5.41, 5.74) is 5.38. The van der Waals surface area contributed by atoms with Crippen LogP contribution in [0.2, 0.25) is 0 Å². The summed E-state index contributed by atoms with van der Waals surface area (Å²) in [6.07, 6.45) is -0.709. The number of ether oxygens (including phenoxy) is 3. The van der Waals surface area contributed by atoms with Gasteiger partial charge in [-0.05, 0) is 38.5 Å². The number of nitrogens with one attached hydrogen (secondary N) is 1. The molecule has 0 saturated carbocycles. The molecule has 23 heavy (non-hydrogen) atoms. The molecule has 0 aliphatic rings. The van der Waals surface area contributed by atoms with Crippen LogP contribution >= 0.6 is 0 Å². The van der Waals surface area contributed by atoms with E-state index in [4.69, 9.17) is 25.1 Å². The molecule has 0 saturated heterocycles. The molecular weight excluding hydrogens is 304 g/mol. The summed E-state index contributed by atoms with van der Waals surface area (Å²) < 4.78 is 15.5. The average molecular weight is 326 g/mol. The fraction of sp³-hybridized carbons (Fsp3) is 0.467. The van der Waals surface area contributed by atoms with E-state index >= 15 is 0 Å². The maximum absolute atomic E-state index is 11.9. The molecular formula is C15H22N2O6. The third kappa shape index (κ3) is 5.03. The van der Waals surface area contributed by atoms with Crippen molar-refractivity contribution in [2.24, 2.45) is 5.73 Å². The monoisotopic (exact) mass is 326 g/mol. The second kappa shape index (κ2) is 7.19. The summed E-state index contributed by atoms with van der Waals surface area (Å²) in [5, 5.41) is 11.6. The van der Waals surface area contributed by atoms with Crippen molar-refractivity contribution >= 4 is 17.7 Å². The minimum absolute atomic E-state index is 0.202. The van der Waals surface area contributed by atoms with Gasteiger partial charge in [0.1, 0.15) is 11.6 Å². The van der Waals surface area contributed by atoms with Gasteiger partial charge in [0.05, 0.1) is 19.9 Å². The average Bonchev–Trinajstić information content (AvgIpc) is 2.43. The van der Waals surface area contributed by atoms with Crippen LogP contribution in [0.25, 0.3) is 0 Å². The van der Waals surface area contributed by atoms with Gasteiger partial charge in [-0.3, -0.25) is 10.1 Å². The molecule has 1 amide bonds. The summed E-state index contributed by atoms with van der Waals surface area (Å²) in [5.74, 6) is -0.729. The van der Waals surface area contributed by atoms with Crippen LogP contribution in [0.1, 0.15) is 32.4 Å². The van der Waals surface area contributed by atoms with Crippen LogP contribution in [-0.4, -0.2) is 37.0 Å². The smallest absolute Gasteiger partial charge is 0.412 e. The van der Waals surface area contributed by atoms with E-state index in [-0.39, 0.29) is 22.7 Å². The van der Waals surface area contributed by atoms with Crippen LogP contribution in [-0.2, 0) is 9.53 Å². The van der Waals surface area contributed by atoms with Gasteiger partial charge in [-0.25, -0.2) is 4.79 Å². The van der Waals surface area contributed by atoms with Gasteiger partial charge in [0, 0.05) is 0 Å². The molecule has 8 nitrogen and oxygen atoms in total. The molecule has 0 aliphatic carbocycles. The first-order valence-corrected chi connectivity index (χ1v) is 6.83. The summed E-state index contributed by atoms with van der Waals surface area (Å²) in [6, 6.07) is 1.58. The molecule has 1 unspecified atom stereocenters. The lowest BCUT2D eigenvalue weighted by Crippen LogP contribution is -2.27. The Kier molecular flexibility index (Phi) is 5.80. The molecule has 0 aliphatic heterocycles. The summed E-state index contributed by atoms with van der Waals surface area (Å²) in [6.45, 7) is 5.17. The van der Waals surface area contributed by atoms with Crippen molar-refractivity contribution in [1.82, 2.24) is 0 Å². The Morgan fingerprint density at radius 1 is 1.22 bits per heavy atom. The number of aliphatic carboxylic acids is 1. The number of rotatable bonds is 5. The van der Waals surface area contributed by atoms with Crippen LogP contribution in [0.3, 0.4) is 0 Å². The van der Waals surface area contributed by atoms with E-state index in [1.54, 1.807) is 20.8 Å². The van der Waals surface area contributed by atoms with E-state index in [0.717, 1.165) is 0 Å². The Morgan fingerprint density at radius 2 is 1.83 bits per heavy atom. The number of carbonyl (C=O) groups is 2. The molecule has 0 spiro atoms. The predicted molar refractivity (Wildman–Crippen MR) is 84.0 cm³/mol.